The van der Waals surface area contributed by atoms with Crippen molar-refractivity contribution in [1.29, 1.82) is 0 Å². The smallest absolute Gasteiger partial charge is 0.0398 e. The molecule has 2 rings (SSSR count). The first kappa shape index (κ1) is 12.4. The summed E-state index contributed by atoms with van der Waals surface area (Å²) in [7, 11) is 0. The molecule has 1 heteroatoms. The van der Waals surface area contributed by atoms with Crippen LogP contribution in [0.15, 0.2) is 66.7 Å². The summed E-state index contributed by atoms with van der Waals surface area (Å²) in [5.74, 6) is 0. The number of hydrogen-bond donors (Lipinski definition) is 0. The van der Waals surface area contributed by atoms with Crippen molar-refractivity contribution in [3.63, 3.8) is 0 Å². The van der Waals surface area contributed by atoms with Gasteiger partial charge in [0.2, 0.25) is 0 Å². The lowest BCUT2D eigenvalue weighted by molar-refractivity contribution is 0.824. The standard InChI is InChI=1S/C7H8.C6H6.H2O/c1-7-5-3-2-4-6-7;1-2-4-6-5-3-1;/h2-6H,1H3;1-6H;1H2. The Bertz CT molecular complexity index is 276. The second-order valence-corrected chi connectivity index (χ2v) is 2.81. The van der Waals surface area contributed by atoms with Gasteiger partial charge in [-0.2, -0.15) is 0 Å². The molecule has 74 valence electrons. The number of aryl methyl sites for hydroxylation is 1. The van der Waals surface area contributed by atoms with Crippen LogP contribution < -0.4 is 0 Å². The van der Waals surface area contributed by atoms with E-state index in [4.69, 9.17) is 0 Å². The van der Waals surface area contributed by atoms with Gasteiger partial charge in [-0.15, -0.1) is 0 Å². The average Bonchev–Trinajstić information content (AvgIpc) is 2.22. The van der Waals surface area contributed by atoms with Gasteiger partial charge in [-0.3, -0.25) is 0 Å². The third-order valence-electron chi connectivity index (χ3n) is 1.61. The maximum atomic E-state index is 2.08. The second kappa shape index (κ2) is 8.02. The van der Waals surface area contributed by atoms with Crippen molar-refractivity contribution in [2.75, 3.05) is 0 Å². The van der Waals surface area contributed by atoms with Crippen molar-refractivity contribution < 1.29 is 5.48 Å². The highest BCUT2D eigenvalue weighted by molar-refractivity contribution is 5.11. The summed E-state index contributed by atoms with van der Waals surface area (Å²) in [4.78, 5) is 0. The molecule has 0 atom stereocenters. The Morgan fingerprint density at radius 3 is 1.07 bits per heavy atom. The van der Waals surface area contributed by atoms with Crippen LogP contribution in [-0.4, -0.2) is 5.48 Å². The van der Waals surface area contributed by atoms with E-state index in [1.807, 2.05) is 54.6 Å². The SMILES string of the molecule is Cc1ccccc1.O.c1ccccc1. The molecule has 0 heterocycles. The third-order valence-corrected chi connectivity index (χ3v) is 1.61. The number of benzene rings is 2. The molecule has 0 spiro atoms. The zero-order valence-corrected chi connectivity index (χ0v) is 8.35. The Labute approximate surface area is 85.3 Å². The van der Waals surface area contributed by atoms with E-state index in [1.165, 1.54) is 5.56 Å². The molecule has 0 aromatic heterocycles. The van der Waals surface area contributed by atoms with Gasteiger partial charge < -0.3 is 5.48 Å². The average molecular weight is 188 g/mol. The highest BCUT2D eigenvalue weighted by atomic mass is 16.0. The van der Waals surface area contributed by atoms with Crippen molar-refractivity contribution in [3.05, 3.63) is 72.3 Å². The Morgan fingerprint density at radius 1 is 0.571 bits per heavy atom. The molecule has 0 saturated heterocycles. The lowest BCUT2D eigenvalue weighted by atomic mass is 10.2. The van der Waals surface area contributed by atoms with Gasteiger partial charge in [0.1, 0.15) is 0 Å². The van der Waals surface area contributed by atoms with Gasteiger partial charge >= 0.3 is 0 Å². The largest absolute Gasteiger partial charge is 0.412 e. The summed E-state index contributed by atoms with van der Waals surface area (Å²) in [6.45, 7) is 2.08. The molecule has 0 unspecified atom stereocenters. The first-order valence-electron chi connectivity index (χ1n) is 4.41. The molecule has 2 aromatic rings. The first-order chi connectivity index (χ1) is 6.39. The molecule has 2 N–H and O–H groups in total. The predicted octanol–water partition coefficient (Wildman–Crippen LogP) is 2.86. The zero-order chi connectivity index (χ0) is 9.36. The second-order valence-electron chi connectivity index (χ2n) is 2.81. The van der Waals surface area contributed by atoms with Crippen molar-refractivity contribution in [3.8, 4) is 0 Å². The fraction of sp³-hybridized carbons (Fsp3) is 0.0769. The van der Waals surface area contributed by atoms with E-state index in [-0.39, 0.29) is 5.48 Å². The van der Waals surface area contributed by atoms with E-state index in [1.54, 1.807) is 0 Å². The lowest BCUT2D eigenvalue weighted by Gasteiger charge is -1.82. The topological polar surface area (TPSA) is 31.5 Å². The van der Waals surface area contributed by atoms with Crippen LogP contribution in [0.2, 0.25) is 0 Å². The molecule has 0 aliphatic heterocycles. The Hall–Kier alpha value is -1.60. The maximum absolute atomic E-state index is 2.08. The molecule has 1 nitrogen and oxygen atoms in total. The quantitative estimate of drug-likeness (QED) is 0.609. The monoisotopic (exact) mass is 188 g/mol. The molecule has 0 saturated carbocycles. The lowest BCUT2D eigenvalue weighted by Crippen LogP contribution is -1.62. The van der Waals surface area contributed by atoms with Crippen LogP contribution in [0.4, 0.5) is 0 Å². The summed E-state index contributed by atoms with van der Waals surface area (Å²) in [5, 5.41) is 0. The summed E-state index contributed by atoms with van der Waals surface area (Å²) in [5.41, 5.74) is 1.32. The van der Waals surface area contributed by atoms with Crippen LogP contribution in [0.3, 0.4) is 0 Å². The van der Waals surface area contributed by atoms with Crippen molar-refractivity contribution in [2.24, 2.45) is 0 Å². The van der Waals surface area contributed by atoms with Crippen LogP contribution in [0.5, 0.6) is 0 Å². The van der Waals surface area contributed by atoms with Crippen LogP contribution in [0.1, 0.15) is 5.56 Å². The molecule has 0 aliphatic carbocycles. The highest BCUT2D eigenvalue weighted by Gasteiger charge is 1.72. The van der Waals surface area contributed by atoms with Crippen LogP contribution in [0.25, 0.3) is 0 Å². The third kappa shape index (κ3) is 5.98. The number of hydrogen-bond acceptors (Lipinski definition) is 0. The summed E-state index contributed by atoms with van der Waals surface area (Å²) >= 11 is 0. The van der Waals surface area contributed by atoms with E-state index >= 15 is 0 Å². The maximum Gasteiger partial charge on any atom is -0.0398 e. The minimum Gasteiger partial charge on any atom is -0.412 e. The van der Waals surface area contributed by atoms with Gasteiger partial charge in [0.05, 0.1) is 0 Å². The molecule has 0 amide bonds. The molecule has 0 aliphatic rings. The summed E-state index contributed by atoms with van der Waals surface area (Å²) < 4.78 is 0. The van der Waals surface area contributed by atoms with Gasteiger partial charge in [0, 0.05) is 0 Å². The Balaban J connectivity index is 0.000000227. The van der Waals surface area contributed by atoms with E-state index in [2.05, 4.69) is 19.1 Å². The Kier molecular flexibility index (Phi) is 7.10. The molecule has 0 bridgehead atoms. The summed E-state index contributed by atoms with van der Waals surface area (Å²) in [6, 6.07) is 22.3. The fourth-order valence-electron chi connectivity index (χ4n) is 0.919. The zero-order valence-electron chi connectivity index (χ0n) is 8.35. The van der Waals surface area contributed by atoms with E-state index < -0.39 is 0 Å². The van der Waals surface area contributed by atoms with Gasteiger partial charge in [0.15, 0.2) is 0 Å². The van der Waals surface area contributed by atoms with E-state index in [0.717, 1.165) is 0 Å². The first-order valence-corrected chi connectivity index (χ1v) is 4.41. The molecular formula is C13H16O. The van der Waals surface area contributed by atoms with Crippen LogP contribution >= 0.6 is 0 Å². The van der Waals surface area contributed by atoms with Crippen LogP contribution in [-0.2, 0) is 0 Å². The van der Waals surface area contributed by atoms with Gasteiger partial charge in [-0.1, -0.05) is 72.3 Å². The fourth-order valence-corrected chi connectivity index (χ4v) is 0.919. The normalized spacial score (nSPS) is 7.79. The Morgan fingerprint density at radius 2 is 0.857 bits per heavy atom. The number of rotatable bonds is 0. The van der Waals surface area contributed by atoms with Crippen LogP contribution in [0, 0.1) is 6.92 Å². The summed E-state index contributed by atoms with van der Waals surface area (Å²) in [6.07, 6.45) is 0. The molecular weight excluding hydrogens is 172 g/mol. The van der Waals surface area contributed by atoms with Crippen molar-refractivity contribution in [2.45, 2.75) is 6.92 Å². The minimum atomic E-state index is 0. The van der Waals surface area contributed by atoms with E-state index in [9.17, 15) is 0 Å². The van der Waals surface area contributed by atoms with Crippen molar-refractivity contribution in [1.82, 2.24) is 0 Å². The molecule has 0 fully saturated rings. The highest BCUT2D eigenvalue weighted by Crippen LogP contribution is 1.92. The predicted molar refractivity (Wildman–Crippen MR) is 61.2 cm³/mol. The molecule has 14 heavy (non-hydrogen) atoms. The molecule has 2 aromatic carbocycles. The van der Waals surface area contributed by atoms with Crippen molar-refractivity contribution >= 4 is 0 Å². The van der Waals surface area contributed by atoms with Gasteiger partial charge in [-0.05, 0) is 6.92 Å². The van der Waals surface area contributed by atoms with E-state index in [0.29, 0.717) is 0 Å². The molecule has 0 radical (unpaired) electrons. The van der Waals surface area contributed by atoms with Gasteiger partial charge in [-0.25, -0.2) is 0 Å². The van der Waals surface area contributed by atoms with Gasteiger partial charge in [0.25, 0.3) is 0 Å². The minimum absolute atomic E-state index is 0.